The van der Waals surface area contributed by atoms with Gasteiger partial charge in [0.05, 0.1) is 11.5 Å². The second kappa shape index (κ2) is 7.53. The van der Waals surface area contributed by atoms with Crippen LogP contribution in [-0.2, 0) is 24.2 Å². The van der Waals surface area contributed by atoms with E-state index < -0.39 is 34.4 Å². The molecular formula is C17H21NO7S. The Hall–Kier alpha value is -2.29. The summed E-state index contributed by atoms with van der Waals surface area (Å²) in [4.78, 5) is 25.9. The molecule has 0 spiro atoms. The summed E-state index contributed by atoms with van der Waals surface area (Å²) >= 11 is 0. The first-order valence-electron chi connectivity index (χ1n) is 8.44. The first-order chi connectivity index (χ1) is 12.4. The van der Waals surface area contributed by atoms with E-state index in [1.807, 2.05) is 0 Å². The number of esters is 1. The lowest BCUT2D eigenvalue weighted by atomic mass is 10.2. The Morgan fingerprint density at radius 3 is 2.65 bits per heavy atom. The lowest BCUT2D eigenvalue weighted by Gasteiger charge is -2.28. The monoisotopic (exact) mass is 383 g/mol. The van der Waals surface area contributed by atoms with Gasteiger partial charge in [0.1, 0.15) is 6.61 Å². The zero-order valence-electron chi connectivity index (χ0n) is 14.4. The van der Waals surface area contributed by atoms with Crippen LogP contribution in [0.4, 0.5) is 0 Å². The number of para-hydroxylation sites is 2. The van der Waals surface area contributed by atoms with Gasteiger partial charge in [0.2, 0.25) is 6.10 Å². The number of benzene rings is 1. The summed E-state index contributed by atoms with van der Waals surface area (Å²) in [6.45, 7) is 1.67. The predicted molar refractivity (Wildman–Crippen MR) is 91.8 cm³/mol. The number of sulfone groups is 1. The predicted octanol–water partition coefficient (Wildman–Crippen LogP) is 0.405. The molecule has 0 saturated carbocycles. The van der Waals surface area contributed by atoms with Crippen molar-refractivity contribution < 1.29 is 32.2 Å². The molecule has 0 N–H and O–H groups in total. The molecule has 0 radical (unpaired) electrons. The van der Waals surface area contributed by atoms with Crippen LogP contribution in [-0.4, -0.2) is 68.6 Å². The number of rotatable bonds is 5. The Bertz CT molecular complexity index is 792. The van der Waals surface area contributed by atoms with Gasteiger partial charge < -0.3 is 19.1 Å². The molecule has 2 atom stereocenters. The number of nitrogens with zero attached hydrogens (tertiary/aromatic N) is 1. The first-order valence-corrected chi connectivity index (χ1v) is 10.3. The van der Waals surface area contributed by atoms with Gasteiger partial charge in [-0.05, 0) is 25.5 Å². The minimum atomic E-state index is -3.10. The van der Waals surface area contributed by atoms with Crippen LogP contribution >= 0.6 is 0 Å². The third-order valence-corrected chi connectivity index (χ3v) is 6.17. The highest BCUT2D eigenvalue weighted by atomic mass is 32.2. The Balaban J connectivity index is 1.53. The molecule has 1 amide bonds. The highest BCUT2D eigenvalue weighted by Gasteiger charge is 2.35. The summed E-state index contributed by atoms with van der Waals surface area (Å²) in [5, 5.41) is 0. The normalized spacial score (nSPS) is 23.3. The number of hydrogen-bond donors (Lipinski definition) is 0. The molecule has 1 aromatic rings. The fourth-order valence-corrected chi connectivity index (χ4v) is 4.83. The van der Waals surface area contributed by atoms with Gasteiger partial charge in [0, 0.05) is 12.6 Å². The van der Waals surface area contributed by atoms with E-state index in [1.165, 1.54) is 4.90 Å². The molecule has 1 saturated heterocycles. The van der Waals surface area contributed by atoms with Crippen LogP contribution in [0.1, 0.15) is 13.3 Å². The summed E-state index contributed by atoms with van der Waals surface area (Å²) in [5.41, 5.74) is 0. The Labute approximate surface area is 151 Å². The number of likely N-dealkylation sites (N-methyl/N-ethyl adjacent to an activating group) is 1. The SMILES string of the molecule is CCN(C(=O)COC(=O)[C@H]1COc2ccccc2O1)[C@H]1CCS(=O)(=O)C1. The van der Waals surface area contributed by atoms with Gasteiger partial charge in [0.25, 0.3) is 5.91 Å². The summed E-state index contributed by atoms with van der Waals surface area (Å²) in [5.74, 6) is -0.0845. The molecule has 26 heavy (non-hydrogen) atoms. The van der Waals surface area contributed by atoms with Crippen molar-refractivity contribution in [3.05, 3.63) is 24.3 Å². The standard InChI is InChI=1S/C17H21NO7S/c1-2-18(12-7-8-26(21,22)11-12)16(19)10-24-17(20)15-9-23-13-5-3-4-6-14(13)25-15/h3-6,12,15H,2,7-11H2,1H3/t12-,15+/m0/s1. The third-order valence-electron chi connectivity index (χ3n) is 4.42. The maximum absolute atomic E-state index is 12.3. The Morgan fingerprint density at radius 1 is 1.27 bits per heavy atom. The molecular weight excluding hydrogens is 362 g/mol. The second-order valence-corrected chi connectivity index (χ2v) is 8.44. The fraction of sp³-hybridized carbons (Fsp3) is 0.529. The van der Waals surface area contributed by atoms with Crippen LogP contribution in [0, 0.1) is 0 Å². The first kappa shape index (κ1) is 18.5. The van der Waals surface area contributed by atoms with E-state index in [0.29, 0.717) is 24.5 Å². The van der Waals surface area contributed by atoms with Crippen molar-refractivity contribution >= 4 is 21.7 Å². The number of carbonyl (C=O) groups excluding carboxylic acids is 2. The zero-order valence-corrected chi connectivity index (χ0v) is 15.2. The molecule has 2 heterocycles. The summed E-state index contributed by atoms with van der Waals surface area (Å²) in [6, 6.07) is 6.60. The molecule has 142 valence electrons. The number of amides is 1. The van der Waals surface area contributed by atoms with Gasteiger partial charge in [-0.3, -0.25) is 4.79 Å². The van der Waals surface area contributed by atoms with Crippen LogP contribution in [0.3, 0.4) is 0 Å². The lowest BCUT2D eigenvalue weighted by molar-refractivity contribution is -0.160. The quantitative estimate of drug-likeness (QED) is 0.679. The largest absolute Gasteiger partial charge is 0.485 e. The molecule has 0 unspecified atom stereocenters. The molecule has 0 bridgehead atoms. The number of ether oxygens (including phenoxy) is 3. The summed E-state index contributed by atoms with van der Waals surface area (Å²) in [6.07, 6.45) is -0.536. The Morgan fingerprint density at radius 2 is 2.00 bits per heavy atom. The lowest BCUT2D eigenvalue weighted by Crippen LogP contribution is -2.44. The van der Waals surface area contributed by atoms with Gasteiger partial charge in [-0.2, -0.15) is 0 Å². The minimum Gasteiger partial charge on any atom is -0.485 e. The molecule has 1 fully saturated rings. The highest BCUT2D eigenvalue weighted by molar-refractivity contribution is 7.91. The fourth-order valence-electron chi connectivity index (χ4n) is 3.10. The molecule has 1 aromatic carbocycles. The molecule has 8 nitrogen and oxygen atoms in total. The number of carbonyl (C=O) groups is 2. The maximum Gasteiger partial charge on any atom is 0.351 e. The van der Waals surface area contributed by atoms with Crippen molar-refractivity contribution in [2.45, 2.75) is 25.5 Å². The van der Waals surface area contributed by atoms with E-state index in [0.717, 1.165) is 0 Å². The van der Waals surface area contributed by atoms with Gasteiger partial charge in [-0.15, -0.1) is 0 Å². The van der Waals surface area contributed by atoms with Crippen LogP contribution in [0.5, 0.6) is 11.5 Å². The minimum absolute atomic E-state index is 0.00238. The van der Waals surface area contributed by atoms with Crippen molar-refractivity contribution in [1.82, 2.24) is 4.90 Å². The highest BCUT2D eigenvalue weighted by Crippen LogP contribution is 2.31. The van der Waals surface area contributed by atoms with Crippen LogP contribution in [0.25, 0.3) is 0 Å². The summed E-state index contributed by atoms with van der Waals surface area (Å²) < 4.78 is 39.3. The van der Waals surface area contributed by atoms with Gasteiger partial charge in [0.15, 0.2) is 27.9 Å². The third kappa shape index (κ3) is 4.09. The van der Waals surface area contributed by atoms with Crippen LogP contribution < -0.4 is 9.47 Å². The van der Waals surface area contributed by atoms with Crippen molar-refractivity contribution in [1.29, 1.82) is 0 Å². The maximum atomic E-state index is 12.3. The van der Waals surface area contributed by atoms with Crippen LogP contribution in [0.2, 0.25) is 0 Å². The van der Waals surface area contributed by atoms with E-state index in [9.17, 15) is 18.0 Å². The number of hydrogen-bond acceptors (Lipinski definition) is 7. The van der Waals surface area contributed by atoms with Crippen molar-refractivity contribution in [3.8, 4) is 11.5 Å². The molecule has 2 aliphatic rings. The number of fused-ring (bicyclic) bond motifs is 1. The topological polar surface area (TPSA) is 99.2 Å². The molecule has 3 rings (SSSR count). The summed E-state index contributed by atoms with van der Waals surface area (Å²) in [7, 11) is -3.10. The van der Waals surface area contributed by atoms with Gasteiger partial charge >= 0.3 is 5.97 Å². The molecule has 0 aliphatic carbocycles. The van der Waals surface area contributed by atoms with Crippen molar-refractivity contribution in [2.75, 3.05) is 31.3 Å². The smallest absolute Gasteiger partial charge is 0.351 e. The zero-order chi connectivity index (χ0) is 18.7. The van der Waals surface area contributed by atoms with Gasteiger partial charge in [-0.25, -0.2) is 13.2 Å². The van der Waals surface area contributed by atoms with Crippen molar-refractivity contribution in [3.63, 3.8) is 0 Å². The van der Waals surface area contributed by atoms with Crippen molar-refractivity contribution in [2.24, 2.45) is 0 Å². The molecule has 0 aromatic heterocycles. The average molecular weight is 383 g/mol. The van der Waals surface area contributed by atoms with Crippen LogP contribution in [0.15, 0.2) is 24.3 Å². The van der Waals surface area contributed by atoms with E-state index in [2.05, 4.69) is 0 Å². The average Bonchev–Trinajstić information content (AvgIpc) is 2.99. The second-order valence-electron chi connectivity index (χ2n) is 6.21. The van der Waals surface area contributed by atoms with E-state index in [4.69, 9.17) is 14.2 Å². The van der Waals surface area contributed by atoms with E-state index in [1.54, 1.807) is 31.2 Å². The van der Waals surface area contributed by atoms with Gasteiger partial charge in [-0.1, -0.05) is 12.1 Å². The van der Waals surface area contributed by atoms with E-state index in [-0.39, 0.29) is 24.2 Å². The molecule has 2 aliphatic heterocycles. The Kier molecular flexibility index (Phi) is 5.36. The molecule has 9 heteroatoms. The van der Waals surface area contributed by atoms with E-state index >= 15 is 0 Å².